The van der Waals surface area contributed by atoms with Gasteiger partial charge in [-0.1, -0.05) is 0 Å². The first-order valence-corrected chi connectivity index (χ1v) is 7.41. The van der Waals surface area contributed by atoms with E-state index in [1.807, 2.05) is 4.90 Å². The lowest BCUT2D eigenvalue weighted by atomic mass is 10.2. The van der Waals surface area contributed by atoms with Gasteiger partial charge in [-0.3, -0.25) is 9.69 Å². The minimum Gasteiger partial charge on any atom is -0.374 e. The molecule has 5 heteroatoms. The molecule has 0 aliphatic carbocycles. The van der Waals surface area contributed by atoms with Crippen LogP contribution in [0.3, 0.4) is 0 Å². The third-order valence-electron chi connectivity index (χ3n) is 3.87. The van der Waals surface area contributed by atoms with Crippen molar-refractivity contribution in [2.24, 2.45) is 0 Å². The second kappa shape index (κ2) is 7.22. The van der Waals surface area contributed by atoms with Gasteiger partial charge < -0.3 is 14.5 Å². The summed E-state index contributed by atoms with van der Waals surface area (Å²) in [6.07, 6.45) is 3.21. The molecule has 0 bridgehead atoms. The topological polar surface area (TPSA) is 36.0 Å². The summed E-state index contributed by atoms with van der Waals surface area (Å²) in [6, 6.07) is 0. The van der Waals surface area contributed by atoms with Gasteiger partial charge in [-0.15, -0.1) is 0 Å². The van der Waals surface area contributed by atoms with Crippen LogP contribution in [0.25, 0.3) is 0 Å². The van der Waals surface area contributed by atoms with Crippen molar-refractivity contribution in [1.82, 2.24) is 14.7 Å². The average Bonchev–Trinajstić information content (AvgIpc) is 2.75. The van der Waals surface area contributed by atoms with Crippen LogP contribution >= 0.6 is 0 Å². The van der Waals surface area contributed by atoms with Gasteiger partial charge >= 0.3 is 0 Å². The van der Waals surface area contributed by atoms with Crippen LogP contribution in [0.5, 0.6) is 0 Å². The third-order valence-corrected chi connectivity index (χ3v) is 3.87. The molecule has 2 fully saturated rings. The first kappa shape index (κ1) is 14.8. The molecule has 5 nitrogen and oxygen atoms in total. The Hall–Kier alpha value is -0.650. The van der Waals surface area contributed by atoms with E-state index in [1.54, 1.807) is 0 Å². The molecule has 2 rings (SSSR count). The molecule has 2 saturated heterocycles. The molecule has 1 atom stereocenters. The minimum atomic E-state index is 0.331. The number of carbonyl (C=O) groups is 1. The quantitative estimate of drug-likeness (QED) is 0.693. The number of amides is 1. The molecule has 2 heterocycles. The van der Waals surface area contributed by atoms with Gasteiger partial charge in [0.05, 0.1) is 12.7 Å². The fourth-order valence-corrected chi connectivity index (χ4v) is 2.93. The highest BCUT2D eigenvalue weighted by atomic mass is 16.5. The van der Waals surface area contributed by atoms with Crippen LogP contribution in [0, 0.1) is 0 Å². The van der Waals surface area contributed by atoms with Crippen molar-refractivity contribution in [3.05, 3.63) is 0 Å². The molecule has 0 unspecified atom stereocenters. The Kier molecular flexibility index (Phi) is 5.60. The monoisotopic (exact) mass is 269 g/mol. The van der Waals surface area contributed by atoms with E-state index in [4.69, 9.17) is 4.74 Å². The Bertz CT molecular complexity index is 296. The largest absolute Gasteiger partial charge is 0.374 e. The zero-order valence-electron chi connectivity index (χ0n) is 12.3. The third kappa shape index (κ3) is 4.75. The Morgan fingerprint density at radius 2 is 2.16 bits per heavy atom. The molecule has 19 heavy (non-hydrogen) atoms. The molecule has 2 aliphatic heterocycles. The molecule has 0 aromatic heterocycles. The molecule has 0 aromatic carbocycles. The summed E-state index contributed by atoms with van der Waals surface area (Å²) in [6.45, 7) is 6.84. The number of nitrogens with zero attached hydrogens (tertiary/aromatic N) is 3. The summed E-state index contributed by atoms with van der Waals surface area (Å²) in [5.41, 5.74) is 0. The maximum atomic E-state index is 11.5. The number of likely N-dealkylation sites (N-methyl/N-ethyl adjacent to an activating group) is 1. The van der Waals surface area contributed by atoms with Gasteiger partial charge in [-0.05, 0) is 26.9 Å². The maximum Gasteiger partial charge on any atom is 0.222 e. The minimum absolute atomic E-state index is 0.331. The first-order valence-electron chi connectivity index (χ1n) is 7.41. The van der Waals surface area contributed by atoms with E-state index in [-0.39, 0.29) is 0 Å². The number of carbonyl (C=O) groups excluding carboxylic acids is 1. The van der Waals surface area contributed by atoms with Crippen LogP contribution in [0.15, 0.2) is 0 Å². The van der Waals surface area contributed by atoms with E-state index in [0.717, 1.165) is 65.1 Å². The SMILES string of the molecule is CN(C)C[C@@H]1CN(CCCN2CCCC2=O)CCO1. The first-order chi connectivity index (χ1) is 9.15. The van der Waals surface area contributed by atoms with E-state index in [2.05, 4.69) is 23.9 Å². The zero-order valence-corrected chi connectivity index (χ0v) is 12.3. The van der Waals surface area contributed by atoms with Crippen LogP contribution in [0.2, 0.25) is 0 Å². The predicted octanol–water partition coefficient (Wildman–Crippen LogP) is 0.261. The highest BCUT2D eigenvalue weighted by molar-refractivity contribution is 5.77. The summed E-state index contributed by atoms with van der Waals surface area (Å²) < 4.78 is 5.77. The Morgan fingerprint density at radius 3 is 2.84 bits per heavy atom. The van der Waals surface area contributed by atoms with E-state index in [1.165, 1.54) is 0 Å². The van der Waals surface area contributed by atoms with E-state index in [0.29, 0.717) is 12.0 Å². The zero-order chi connectivity index (χ0) is 13.7. The average molecular weight is 269 g/mol. The molecular weight excluding hydrogens is 242 g/mol. The molecule has 0 N–H and O–H groups in total. The summed E-state index contributed by atoms with van der Waals surface area (Å²) >= 11 is 0. The lowest BCUT2D eigenvalue weighted by molar-refractivity contribution is -0.127. The van der Waals surface area contributed by atoms with Crippen molar-refractivity contribution in [1.29, 1.82) is 0 Å². The highest BCUT2D eigenvalue weighted by Gasteiger charge is 2.22. The fraction of sp³-hybridized carbons (Fsp3) is 0.929. The van der Waals surface area contributed by atoms with Crippen LogP contribution < -0.4 is 0 Å². The highest BCUT2D eigenvalue weighted by Crippen LogP contribution is 2.11. The maximum absolute atomic E-state index is 11.5. The molecule has 1 amide bonds. The van der Waals surface area contributed by atoms with Crippen molar-refractivity contribution < 1.29 is 9.53 Å². The predicted molar refractivity (Wildman–Crippen MR) is 75.2 cm³/mol. The second-order valence-electron chi connectivity index (χ2n) is 5.89. The van der Waals surface area contributed by atoms with Crippen molar-refractivity contribution in [3.63, 3.8) is 0 Å². The van der Waals surface area contributed by atoms with Crippen LogP contribution in [-0.2, 0) is 9.53 Å². The Labute approximate surface area is 116 Å². The summed E-state index contributed by atoms with van der Waals surface area (Å²) in [4.78, 5) is 18.2. The second-order valence-corrected chi connectivity index (χ2v) is 5.89. The van der Waals surface area contributed by atoms with Gasteiger partial charge in [0.15, 0.2) is 0 Å². The molecule has 0 radical (unpaired) electrons. The lowest BCUT2D eigenvalue weighted by Crippen LogP contribution is -2.47. The van der Waals surface area contributed by atoms with Gasteiger partial charge in [0.25, 0.3) is 0 Å². The van der Waals surface area contributed by atoms with Crippen molar-refractivity contribution in [3.8, 4) is 0 Å². The standard InChI is InChI=1S/C14H27N3O2/c1-15(2)11-13-12-16(9-10-19-13)6-4-8-17-7-3-5-14(17)18/h13H,3-12H2,1-2H3/t13-/m1/s1. The Morgan fingerprint density at radius 1 is 1.32 bits per heavy atom. The number of likely N-dealkylation sites (tertiary alicyclic amines) is 1. The lowest BCUT2D eigenvalue weighted by Gasteiger charge is -2.34. The number of hydrogen-bond acceptors (Lipinski definition) is 4. The van der Waals surface area contributed by atoms with Crippen LogP contribution in [0.4, 0.5) is 0 Å². The van der Waals surface area contributed by atoms with Crippen LogP contribution in [-0.4, -0.2) is 86.7 Å². The number of ether oxygens (including phenoxy) is 1. The molecule has 2 aliphatic rings. The summed E-state index contributed by atoms with van der Waals surface area (Å²) in [5, 5.41) is 0. The van der Waals surface area contributed by atoms with Gasteiger partial charge in [0.1, 0.15) is 0 Å². The number of hydrogen-bond donors (Lipinski definition) is 0. The molecule has 0 aromatic rings. The molecule has 0 spiro atoms. The smallest absolute Gasteiger partial charge is 0.222 e. The molecular formula is C14H27N3O2. The van der Waals surface area contributed by atoms with E-state index in [9.17, 15) is 4.79 Å². The van der Waals surface area contributed by atoms with Crippen molar-refractivity contribution in [2.45, 2.75) is 25.4 Å². The van der Waals surface area contributed by atoms with Crippen LogP contribution in [0.1, 0.15) is 19.3 Å². The normalized spacial score (nSPS) is 25.5. The number of morpholine rings is 1. The summed E-state index contributed by atoms with van der Waals surface area (Å²) in [7, 11) is 4.17. The van der Waals surface area contributed by atoms with Crippen molar-refractivity contribution in [2.75, 3.05) is 60.0 Å². The van der Waals surface area contributed by atoms with E-state index >= 15 is 0 Å². The van der Waals surface area contributed by atoms with Gasteiger partial charge in [-0.25, -0.2) is 0 Å². The fourth-order valence-electron chi connectivity index (χ4n) is 2.93. The molecule has 110 valence electrons. The van der Waals surface area contributed by atoms with Gasteiger partial charge in [-0.2, -0.15) is 0 Å². The van der Waals surface area contributed by atoms with E-state index < -0.39 is 0 Å². The molecule has 0 saturated carbocycles. The van der Waals surface area contributed by atoms with Gasteiger partial charge in [0, 0.05) is 45.7 Å². The Balaban J connectivity index is 1.63. The summed E-state index contributed by atoms with van der Waals surface area (Å²) in [5.74, 6) is 0.340. The number of rotatable bonds is 6. The van der Waals surface area contributed by atoms with Gasteiger partial charge in [0.2, 0.25) is 5.91 Å². The van der Waals surface area contributed by atoms with Crippen molar-refractivity contribution >= 4 is 5.91 Å².